The molecule has 2 rings (SSSR count). The minimum Gasteiger partial charge on any atom is -0.391 e. The molecule has 0 spiro atoms. The van der Waals surface area contributed by atoms with Gasteiger partial charge in [0, 0.05) is 6.54 Å². The Morgan fingerprint density at radius 1 is 1.61 bits per heavy atom. The summed E-state index contributed by atoms with van der Waals surface area (Å²) in [6.07, 6.45) is -0.341. The predicted octanol–water partition coefficient (Wildman–Crippen LogP) is 0.887. The number of carbonyl (C=O) groups excluding carboxylic acids is 1. The van der Waals surface area contributed by atoms with Gasteiger partial charge < -0.3 is 15.4 Å². The van der Waals surface area contributed by atoms with Gasteiger partial charge in [0.1, 0.15) is 16.0 Å². The summed E-state index contributed by atoms with van der Waals surface area (Å²) in [5, 5.41) is 0.898. The zero-order chi connectivity index (χ0) is 13.3. The van der Waals surface area contributed by atoms with E-state index in [9.17, 15) is 4.79 Å². The summed E-state index contributed by atoms with van der Waals surface area (Å²) in [5.74, 6) is -0.0114. The molecule has 1 saturated heterocycles. The van der Waals surface area contributed by atoms with Crippen molar-refractivity contribution < 1.29 is 9.53 Å². The Kier molecular flexibility index (Phi) is 3.94. The predicted molar refractivity (Wildman–Crippen MR) is 74.0 cm³/mol. The summed E-state index contributed by atoms with van der Waals surface area (Å²) in [5.41, 5.74) is 6.34. The van der Waals surface area contributed by atoms with E-state index in [1.807, 2.05) is 13.8 Å². The minimum atomic E-state index is -0.341. The van der Waals surface area contributed by atoms with Gasteiger partial charge in [0.05, 0.1) is 23.9 Å². The van der Waals surface area contributed by atoms with Crippen molar-refractivity contribution in [3.63, 3.8) is 0 Å². The van der Waals surface area contributed by atoms with Crippen LogP contribution in [-0.4, -0.2) is 46.6 Å². The lowest BCUT2D eigenvalue weighted by Gasteiger charge is -2.32. The molecule has 1 unspecified atom stereocenters. The number of thiazole rings is 1. The van der Waals surface area contributed by atoms with Crippen molar-refractivity contribution in [2.75, 3.05) is 19.7 Å². The highest BCUT2D eigenvalue weighted by Crippen LogP contribution is 2.20. The van der Waals surface area contributed by atoms with Crippen LogP contribution in [0.2, 0.25) is 0 Å². The van der Waals surface area contributed by atoms with Gasteiger partial charge in [-0.25, -0.2) is 4.98 Å². The Hall–Kier alpha value is -1.05. The molecule has 0 aliphatic carbocycles. The quantitative estimate of drug-likeness (QED) is 0.817. The van der Waals surface area contributed by atoms with E-state index in [1.54, 1.807) is 4.90 Å². The van der Waals surface area contributed by atoms with Crippen LogP contribution >= 0.6 is 23.6 Å². The molecule has 2 N–H and O–H groups in total. The number of morpholine rings is 1. The number of aromatic nitrogens is 1. The van der Waals surface area contributed by atoms with Gasteiger partial charge in [0.15, 0.2) is 0 Å². The molecule has 0 saturated carbocycles. The number of rotatable bonds is 2. The highest BCUT2D eigenvalue weighted by molar-refractivity contribution is 7.80. The molecule has 2 heterocycles. The topological polar surface area (TPSA) is 68.5 Å². The van der Waals surface area contributed by atoms with E-state index in [-0.39, 0.29) is 12.0 Å². The third kappa shape index (κ3) is 2.68. The maximum atomic E-state index is 12.4. The van der Waals surface area contributed by atoms with Gasteiger partial charge in [0.2, 0.25) is 0 Å². The molecule has 7 heteroatoms. The van der Waals surface area contributed by atoms with Crippen LogP contribution in [0, 0.1) is 13.8 Å². The van der Waals surface area contributed by atoms with Crippen LogP contribution in [-0.2, 0) is 4.74 Å². The third-order valence-electron chi connectivity index (χ3n) is 2.77. The number of hydrogen-bond donors (Lipinski definition) is 1. The smallest absolute Gasteiger partial charge is 0.266 e. The Morgan fingerprint density at radius 3 is 2.89 bits per heavy atom. The zero-order valence-electron chi connectivity index (χ0n) is 10.3. The molecule has 1 aromatic rings. The number of nitrogens with two attached hydrogens (primary N) is 1. The Morgan fingerprint density at radius 2 is 2.33 bits per heavy atom. The van der Waals surface area contributed by atoms with E-state index < -0.39 is 0 Å². The van der Waals surface area contributed by atoms with E-state index in [2.05, 4.69) is 4.98 Å². The van der Waals surface area contributed by atoms with Gasteiger partial charge in [0.25, 0.3) is 5.91 Å². The molecule has 0 bridgehead atoms. The van der Waals surface area contributed by atoms with Gasteiger partial charge in [-0.2, -0.15) is 0 Å². The largest absolute Gasteiger partial charge is 0.391 e. The molecule has 1 atom stereocenters. The number of hydrogen-bond acceptors (Lipinski definition) is 5. The van der Waals surface area contributed by atoms with Gasteiger partial charge in [-0.3, -0.25) is 4.79 Å². The summed E-state index contributed by atoms with van der Waals surface area (Å²) < 4.78 is 5.42. The first-order valence-corrected chi connectivity index (χ1v) is 6.85. The highest BCUT2D eigenvalue weighted by Gasteiger charge is 2.28. The van der Waals surface area contributed by atoms with Crippen molar-refractivity contribution in [1.82, 2.24) is 9.88 Å². The van der Waals surface area contributed by atoms with Crippen molar-refractivity contribution in [3.05, 3.63) is 15.6 Å². The molecule has 1 amide bonds. The average molecular weight is 285 g/mol. The molecule has 1 aromatic heterocycles. The second-order valence-electron chi connectivity index (χ2n) is 4.16. The van der Waals surface area contributed by atoms with Crippen LogP contribution < -0.4 is 5.73 Å². The number of aryl methyl sites for hydroxylation is 2. The molecular formula is C11H15N3O2S2. The number of nitrogens with zero attached hydrogens (tertiary/aromatic N) is 2. The van der Waals surface area contributed by atoms with Gasteiger partial charge in [-0.1, -0.05) is 12.2 Å². The number of amides is 1. The molecule has 0 radical (unpaired) electrons. The van der Waals surface area contributed by atoms with Crippen LogP contribution in [0.3, 0.4) is 0 Å². The number of thiocarbonyl (C=S) groups is 1. The van der Waals surface area contributed by atoms with Crippen LogP contribution in [0.1, 0.15) is 20.4 Å². The van der Waals surface area contributed by atoms with Gasteiger partial charge in [-0.15, -0.1) is 11.3 Å². The Labute approximate surface area is 115 Å². The maximum absolute atomic E-state index is 12.4. The van der Waals surface area contributed by atoms with Crippen molar-refractivity contribution >= 4 is 34.5 Å². The SMILES string of the molecule is Cc1nc(C)c(C(=O)N2CCOC(C(N)=S)C2)s1. The van der Waals surface area contributed by atoms with Crippen LogP contribution in [0.4, 0.5) is 0 Å². The fraction of sp³-hybridized carbons (Fsp3) is 0.545. The minimum absolute atomic E-state index is 0.0114. The molecule has 1 fully saturated rings. The van der Waals surface area contributed by atoms with Crippen LogP contribution in [0.15, 0.2) is 0 Å². The van der Waals surface area contributed by atoms with Crippen molar-refractivity contribution in [2.24, 2.45) is 5.73 Å². The molecule has 18 heavy (non-hydrogen) atoms. The summed E-state index contributed by atoms with van der Waals surface area (Å²) in [6.45, 7) is 5.19. The van der Waals surface area contributed by atoms with Gasteiger partial charge in [-0.05, 0) is 13.8 Å². The fourth-order valence-electron chi connectivity index (χ4n) is 1.88. The van der Waals surface area contributed by atoms with E-state index in [1.165, 1.54) is 11.3 Å². The molecular weight excluding hydrogens is 270 g/mol. The molecule has 1 aliphatic heterocycles. The summed E-state index contributed by atoms with van der Waals surface area (Å²) in [7, 11) is 0. The number of carbonyl (C=O) groups is 1. The monoisotopic (exact) mass is 285 g/mol. The fourth-order valence-corrected chi connectivity index (χ4v) is 2.91. The van der Waals surface area contributed by atoms with Crippen LogP contribution in [0.5, 0.6) is 0 Å². The standard InChI is InChI=1S/C11H15N3O2S2/c1-6-9(18-7(2)13-6)11(15)14-3-4-16-8(5-14)10(12)17/h8H,3-5H2,1-2H3,(H2,12,17). The summed E-state index contributed by atoms with van der Waals surface area (Å²) >= 11 is 6.33. The first kappa shape index (κ1) is 13.4. The second kappa shape index (κ2) is 5.29. The number of ether oxygens (including phenoxy) is 1. The normalized spacial score (nSPS) is 19.9. The molecule has 1 aliphatic rings. The Balaban J connectivity index is 2.14. The van der Waals surface area contributed by atoms with E-state index in [0.29, 0.717) is 29.6 Å². The lowest BCUT2D eigenvalue weighted by Crippen LogP contribution is -2.49. The first-order chi connectivity index (χ1) is 8.49. The summed E-state index contributed by atoms with van der Waals surface area (Å²) in [6, 6.07) is 0. The van der Waals surface area contributed by atoms with Crippen molar-refractivity contribution in [2.45, 2.75) is 20.0 Å². The maximum Gasteiger partial charge on any atom is 0.266 e. The van der Waals surface area contributed by atoms with E-state index >= 15 is 0 Å². The third-order valence-corrected chi connectivity index (χ3v) is 4.09. The summed E-state index contributed by atoms with van der Waals surface area (Å²) in [4.78, 5) is 19.3. The zero-order valence-corrected chi connectivity index (χ0v) is 11.9. The second-order valence-corrected chi connectivity index (χ2v) is 5.83. The lowest BCUT2D eigenvalue weighted by atomic mass is 10.2. The molecule has 0 aromatic carbocycles. The van der Waals surface area contributed by atoms with E-state index in [4.69, 9.17) is 22.7 Å². The average Bonchev–Trinajstić information content (AvgIpc) is 2.67. The van der Waals surface area contributed by atoms with Crippen molar-refractivity contribution in [3.8, 4) is 0 Å². The van der Waals surface area contributed by atoms with Gasteiger partial charge >= 0.3 is 0 Å². The van der Waals surface area contributed by atoms with E-state index in [0.717, 1.165) is 10.7 Å². The molecule has 98 valence electrons. The van der Waals surface area contributed by atoms with Crippen molar-refractivity contribution in [1.29, 1.82) is 0 Å². The lowest BCUT2D eigenvalue weighted by molar-refractivity contribution is 0.00898. The first-order valence-electron chi connectivity index (χ1n) is 5.63. The highest BCUT2D eigenvalue weighted by atomic mass is 32.1. The van der Waals surface area contributed by atoms with Crippen LogP contribution in [0.25, 0.3) is 0 Å². The molecule has 5 nitrogen and oxygen atoms in total. The Bertz CT molecular complexity index is 487.